The van der Waals surface area contributed by atoms with Crippen molar-refractivity contribution >= 4 is 51.1 Å². The van der Waals surface area contributed by atoms with Crippen LogP contribution in [0, 0.1) is 21.5 Å². The van der Waals surface area contributed by atoms with Gasteiger partial charge in [-0.1, -0.05) is 13.8 Å². The number of hydrogen-bond acceptors (Lipinski definition) is 17. The maximum absolute atomic E-state index is 12.5. The van der Waals surface area contributed by atoms with Gasteiger partial charge in [-0.3, -0.25) is 4.79 Å². The monoisotopic (exact) mass is 1050 g/mol. The first-order valence-electron chi connectivity index (χ1n) is 26.7. The second-order valence-corrected chi connectivity index (χ2v) is 21.3. The highest BCUT2D eigenvalue weighted by molar-refractivity contribution is 5.82. The number of nitrogens with zero attached hydrogens (tertiary/aromatic N) is 10. The summed E-state index contributed by atoms with van der Waals surface area (Å²) in [5, 5.41) is 59.7. The van der Waals surface area contributed by atoms with Crippen molar-refractivity contribution in [3.8, 4) is 0 Å². The third-order valence-corrected chi connectivity index (χ3v) is 13.3. The van der Waals surface area contributed by atoms with E-state index < -0.39 is 23.7 Å². The molecule has 0 bridgehead atoms. The summed E-state index contributed by atoms with van der Waals surface area (Å²) < 4.78 is 15.8. The van der Waals surface area contributed by atoms with E-state index in [4.69, 9.17) is 19.3 Å². The van der Waals surface area contributed by atoms with Crippen molar-refractivity contribution < 1.29 is 48.2 Å². The Kier molecular flexibility index (Phi) is 19.5. The summed E-state index contributed by atoms with van der Waals surface area (Å²) in [4.78, 5) is 53.6. The van der Waals surface area contributed by atoms with Crippen molar-refractivity contribution in [1.29, 1.82) is 0 Å². The number of amides is 1. The zero-order valence-corrected chi connectivity index (χ0v) is 45.1. The summed E-state index contributed by atoms with van der Waals surface area (Å²) in [6.45, 7) is 10.3. The number of ether oxygens (including phenoxy) is 3. The molecular formula is C55H73N11O10. The third kappa shape index (κ3) is 15.8. The van der Waals surface area contributed by atoms with Gasteiger partial charge in [0.15, 0.2) is 17.5 Å². The molecule has 3 aliphatic rings. The van der Waals surface area contributed by atoms with E-state index >= 15 is 0 Å². The largest absolute Gasteiger partial charge is 0.594 e. The van der Waals surface area contributed by atoms with Gasteiger partial charge in [0, 0.05) is 65.8 Å². The zero-order chi connectivity index (χ0) is 54.5. The van der Waals surface area contributed by atoms with Crippen molar-refractivity contribution in [2.24, 2.45) is 5.92 Å². The average molecular weight is 1050 g/mol. The molecule has 9 rings (SSSR count). The van der Waals surface area contributed by atoms with Crippen molar-refractivity contribution in [1.82, 2.24) is 40.5 Å². The number of alkyl carbamates (subject to hydrolysis) is 1. The van der Waals surface area contributed by atoms with Crippen LogP contribution in [0.1, 0.15) is 137 Å². The number of aryl methyl sites for hydroxylation is 9. The number of benzene rings is 3. The van der Waals surface area contributed by atoms with E-state index in [9.17, 15) is 30.0 Å². The molecular weight excluding hydrogens is 975 g/mol. The van der Waals surface area contributed by atoms with Crippen LogP contribution in [0.15, 0.2) is 36.4 Å². The molecule has 76 heavy (non-hydrogen) atoms. The summed E-state index contributed by atoms with van der Waals surface area (Å²) in [5.41, 5.74) is 10.5. The van der Waals surface area contributed by atoms with Crippen molar-refractivity contribution in [3.05, 3.63) is 103 Å². The first kappa shape index (κ1) is 56.7. The minimum Gasteiger partial charge on any atom is -0.594 e. The minimum atomic E-state index is -0.812. The summed E-state index contributed by atoms with van der Waals surface area (Å²) >= 11 is 0. The van der Waals surface area contributed by atoms with Gasteiger partial charge in [0.05, 0.1) is 13.2 Å². The SMILES string of the molecule is CC(C)[C@@H](NC(=O)OC(C)(C)C)C(=O)OCCCc1nc2cc3c(cc2[n+]([O-])n1)CCC3.CN(C)CCCC(=O)OCCCc1nc2cc3c(cc2[n+]([O-])n1)CCC3.[O-][n+]1nc(CCCO)nc2cc3c(cc21)CCC3. The Balaban J connectivity index is 0.000000172. The normalized spacial score (nSPS) is 13.9. The summed E-state index contributed by atoms with van der Waals surface area (Å²) in [6.07, 6.45) is 13.2. The average Bonchev–Trinajstić information content (AvgIpc) is 4.15. The molecule has 0 saturated carbocycles. The number of esters is 2. The van der Waals surface area contributed by atoms with Gasteiger partial charge in [0.2, 0.25) is 0 Å². The first-order valence-corrected chi connectivity index (χ1v) is 26.7. The maximum Gasteiger partial charge on any atom is 0.408 e. The molecule has 21 heteroatoms. The smallest absolute Gasteiger partial charge is 0.408 e. The minimum absolute atomic E-state index is 0.0877. The van der Waals surface area contributed by atoms with E-state index in [0.29, 0.717) is 117 Å². The third-order valence-electron chi connectivity index (χ3n) is 13.3. The lowest BCUT2D eigenvalue weighted by molar-refractivity contribution is -0.644. The number of aliphatic hydroxyl groups excluding tert-OH is 1. The Morgan fingerprint density at radius 3 is 1.41 bits per heavy atom. The lowest BCUT2D eigenvalue weighted by atomic mass is 10.1. The molecule has 0 aliphatic heterocycles. The van der Waals surface area contributed by atoms with Gasteiger partial charge in [-0.25, -0.2) is 24.5 Å². The van der Waals surface area contributed by atoms with Gasteiger partial charge in [-0.05, 0) is 197 Å². The molecule has 0 unspecified atom stereocenters. The summed E-state index contributed by atoms with van der Waals surface area (Å²) in [5.74, 6) is 0.535. The van der Waals surface area contributed by atoms with Crippen LogP contribution in [0.3, 0.4) is 0 Å². The van der Waals surface area contributed by atoms with Gasteiger partial charge in [-0.15, -0.1) is 0 Å². The molecule has 3 aromatic carbocycles. The fraction of sp³-hybridized carbons (Fsp3) is 0.564. The molecule has 2 N–H and O–H groups in total. The van der Waals surface area contributed by atoms with Crippen molar-refractivity contribution in [2.45, 2.75) is 155 Å². The van der Waals surface area contributed by atoms with Gasteiger partial charge >= 0.3 is 18.0 Å². The Bertz CT molecular complexity index is 3020. The molecule has 0 saturated heterocycles. The number of hydrogen-bond donors (Lipinski definition) is 2. The fourth-order valence-corrected chi connectivity index (χ4v) is 9.49. The van der Waals surface area contributed by atoms with Crippen LogP contribution in [0.25, 0.3) is 33.1 Å². The van der Waals surface area contributed by atoms with Crippen LogP contribution in [-0.2, 0) is 81.6 Å². The number of aliphatic hydroxyl groups is 1. The van der Waals surface area contributed by atoms with Crippen LogP contribution in [0.2, 0.25) is 0 Å². The van der Waals surface area contributed by atoms with Crippen LogP contribution in [-0.4, -0.2) is 110 Å². The highest BCUT2D eigenvalue weighted by Crippen LogP contribution is 2.27. The molecule has 408 valence electrons. The maximum atomic E-state index is 12.5. The van der Waals surface area contributed by atoms with E-state index in [0.717, 1.165) is 70.8 Å². The quantitative estimate of drug-likeness (QED) is 0.0376. The Hall–Kier alpha value is -7.00. The van der Waals surface area contributed by atoms with E-state index in [1.165, 1.54) is 33.4 Å². The molecule has 0 fully saturated rings. The van der Waals surface area contributed by atoms with E-state index in [2.05, 4.69) is 35.6 Å². The predicted octanol–water partition coefficient (Wildman–Crippen LogP) is 5.02. The molecule has 3 heterocycles. The van der Waals surface area contributed by atoms with E-state index in [1.54, 1.807) is 20.8 Å². The topological polar surface area (TPSA) is 273 Å². The van der Waals surface area contributed by atoms with E-state index in [-0.39, 0.29) is 25.1 Å². The summed E-state index contributed by atoms with van der Waals surface area (Å²) in [7, 11) is 3.96. The molecule has 3 aliphatic carbocycles. The summed E-state index contributed by atoms with van der Waals surface area (Å²) in [6, 6.07) is 10.9. The second-order valence-electron chi connectivity index (χ2n) is 21.3. The predicted molar refractivity (Wildman–Crippen MR) is 281 cm³/mol. The lowest BCUT2D eigenvalue weighted by Gasteiger charge is -2.24. The molecule has 3 aromatic heterocycles. The number of fused-ring (bicyclic) bond motifs is 6. The highest BCUT2D eigenvalue weighted by Gasteiger charge is 2.29. The van der Waals surface area contributed by atoms with Gasteiger partial charge in [-0.2, -0.15) is 0 Å². The first-order chi connectivity index (χ1) is 36.3. The number of carbonyl (C=O) groups is 3. The van der Waals surface area contributed by atoms with E-state index in [1.807, 2.05) is 69.2 Å². The fourth-order valence-electron chi connectivity index (χ4n) is 9.49. The van der Waals surface area contributed by atoms with Crippen LogP contribution < -0.4 is 19.9 Å². The molecule has 0 spiro atoms. The van der Waals surface area contributed by atoms with Gasteiger partial charge < -0.3 is 45.2 Å². The standard InChI is InChI=1S/C23H32N4O5.C19H26N4O3.C13H15N3O2/c1-14(2)20(25-22(29)32-23(3,4)5)21(28)31-11-7-10-19-24-17-12-15-8-6-9-16(15)13-18(17)27(30)26-19;1-22(2)10-4-9-19(24)26-11-5-8-18-20-16-12-14-6-3-7-15(14)13-17(16)23(25)21-18;17-6-2-5-13-14-11-7-9-3-1-4-10(9)8-12(11)16(18)15-13/h12-14,20H,6-11H2,1-5H3,(H,25,29);12-13H,3-11H2,1-2H3;7-8,17H,1-6H2/t20-;;/m1../s1. The van der Waals surface area contributed by atoms with Crippen molar-refractivity contribution in [3.63, 3.8) is 0 Å². The highest BCUT2D eigenvalue weighted by atomic mass is 16.6. The van der Waals surface area contributed by atoms with Crippen LogP contribution >= 0.6 is 0 Å². The lowest BCUT2D eigenvalue weighted by Crippen LogP contribution is -2.47. The van der Waals surface area contributed by atoms with Gasteiger partial charge in [0.1, 0.15) is 28.2 Å². The number of rotatable bonds is 18. The second kappa shape index (κ2) is 26.2. The van der Waals surface area contributed by atoms with Crippen LogP contribution in [0.4, 0.5) is 4.79 Å². The Labute approximate surface area is 443 Å². The molecule has 0 radical (unpaired) electrons. The Morgan fingerprint density at radius 1 is 0.632 bits per heavy atom. The van der Waals surface area contributed by atoms with Gasteiger partial charge in [0.25, 0.3) is 16.6 Å². The number of carbonyl (C=O) groups excluding carboxylic acids is 3. The number of nitrogens with one attached hydrogen (secondary N) is 1. The molecule has 6 aromatic rings. The molecule has 1 atom stereocenters. The number of aromatic nitrogens is 9. The molecule has 21 nitrogen and oxygen atoms in total. The van der Waals surface area contributed by atoms with Crippen molar-refractivity contribution in [2.75, 3.05) is 40.5 Å². The van der Waals surface area contributed by atoms with Crippen LogP contribution in [0.5, 0.6) is 0 Å². The molecule has 1 amide bonds. The zero-order valence-electron chi connectivity index (χ0n) is 45.1. The Morgan fingerprint density at radius 2 is 1.03 bits per heavy atom.